The molecule has 25 heavy (non-hydrogen) atoms. The van der Waals surface area contributed by atoms with Gasteiger partial charge in [0, 0.05) is 25.3 Å². The van der Waals surface area contributed by atoms with E-state index in [2.05, 4.69) is 41.3 Å². The molecular weight excluding hydrogens is 334 g/mol. The molecule has 0 radical (unpaired) electrons. The molecule has 0 bridgehead atoms. The van der Waals surface area contributed by atoms with Crippen LogP contribution in [0, 0.1) is 0 Å². The Hall–Kier alpha value is -2.60. The first-order valence-electron chi connectivity index (χ1n) is 8.36. The summed E-state index contributed by atoms with van der Waals surface area (Å²) in [6.45, 7) is 5.82. The van der Waals surface area contributed by atoms with Crippen molar-refractivity contribution in [2.75, 3.05) is 22.9 Å². The van der Waals surface area contributed by atoms with E-state index in [-0.39, 0.29) is 11.9 Å². The van der Waals surface area contributed by atoms with Gasteiger partial charge in [0.05, 0.1) is 22.5 Å². The lowest BCUT2D eigenvalue weighted by Crippen LogP contribution is -2.49. The van der Waals surface area contributed by atoms with E-state index in [1.165, 1.54) is 17.8 Å². The van der Waals surface area contributed by atoms with Gasteiger partial charge in [0.15, 0.2) is 5.76 Å². The molecule has 128 valence electrons. The molecule has 0 spiro atoms. The van der Waals surface area contributed by atoms with Gasteiger partial charge in [-0.2, -0.15) is 0 Å². The number of benzene rings is 1. The number of hydrogen-bond acceptors (Lipinski definition) is 5. The zero-order valence-electron chi connectivity index (χ0n) is 14.2. The molecule has 3 heterocycles. The van der Waals surface area contributed by atoms with Crippen LogP contribution in [0.4, 0.5) is 11.4 Å². The van der Waals surface area contributed by atoms with Crippen LogP contribution < -0.4 is 9.80 Å². The average molecular weight is 353 g/mol. The van der Waals surface area contributed by atoms with Crippen LogP contribution in [0.25, 0.3) is 10.4 Å². The largest absolute Gasteiger partial charge is 0.459 e. The second kappa shape index (κ2) is 6.37. The van der Waals surface area contributed by atoms with E-state index in [0.717, 1.165) is 28.4 Å². The number of carbonyl (C=O) groups is 1. The number of amides is 1. The van der Waals surface area contributed by atoms with Gasteiger partial charge >= 0.3 is 0 Å². The smallest absolute Gasteiger partial charge is 0.294 e. The monoisotopic (exact) mass is 353 g/mol. The third-order valence-corrected chi connectivity index (χ3v) is 5.39. The fraction of sp³-hybridized carbons (Fsp3) is 0.263. The summed E-state index contributed by atoms with van der Waals surface area (Å²) in [5.74, 6) is 0.265. The van der Waals surface area contributed by atoms with Crippen LogP contribution in [0.2, 0.25) is 0 Å². The van der Waals surface area contributed by atoms with Crippen molar-refractivity contribution in [2.45, 2.75) is 19.9 Å². The minimum atomic E-state index is -0.102. The minimum Gasteiger partial charge on any atom is -0.459 e. The minimum absolute atomic E-state index is 0.102. The molecule has 0 unspecified atom stereocenters. The lowest BCUT2D eigenvalue weighted by Gasteiger charge is -2.42. The van der Waals surface area contributed by atoms with E-state index in [0.29, 0.717) is 12.3 Å². The summed E-state index contributed by atoms with van der Waals surface area (Å²) in [6.07, 6.45) is 3.33. The number of hydrogen-bond donors (Lipinski definition) is 0. The van der Waals surface area contributed by atoms with Crippen molar-refractivity contribution >= 4 is 28.8 Å². The molecular formula is C19H19N3O2S. The Bertz CT molecular complexity index is 874. The number of aromatic nitrogens is 1. The van der Waals surface area contributed by atoms with Crippen LogP contribution in [0.5, 0.6) is 0 Å². The predicted octanol–water partition coefficient (Wildman–Crippen LogP) is 4.28. The van der Waals surface area contributed by atoms with Gasteiger partial charge in [0.25, 0.3) is 5.91 Å². The van der Waals surface area contributed by atoms with Crippen molar-refractivity contribution in [1.82, 2.24) is 4.37 Å². The normalized spacial score (nSPS) is 16.8. The van der Waals surface area contributed by atoms with Gasteiger partial charge in [-0.3, -0.25) is 4.79 Å². The molecule has 1 atom stereocenters. The van der Waals surface area contributed by atoms with Crippen LogP contribution in [0.15, 0.2) is 53.3 Å². The standard InChI is InChI=1S/C19H19N3O2S/c1-3-21-13(2)12-22(19(23)17-5-4-10-24-17)16-11-14(6-7-15(16)21)18-8-9-20-25-18/h4-11,13H,3,12H2,1-2H3/t13-/m0/s1. The maximum absolute atomic E-state index is 13.0. The van der Waals surface area contributed by atoms with E-state index >= 15 is 0 Å². The molecule has 0 N–H and O–H groups in total. The van der Waals surface area contributed by atoms with Gasteiger partial charge < -0.3 is 14.2 Å². The lowest BCUT2D eigenvalue weighted by molar-refractivity contribution is 0.0957. The van der Waals surface area contributed by atoms with Crippen LogP contribution in [0.1, 0.15) is 24.4 Å². The van der Waals surface area contributed by atoms with Crippen molar-refractivity contribution in [3.05, 3.63) is 54.6 Å². The predicted molar refractivity (Wildman–Crippen MR) is 100 cm³/mol. The van der Waals surface area contributed by atoms with Gasteiger partial charge in [-0.25, -0.2) is 4.37 Å². The molecule has 1 amide bonds. The fourth-order valence-corrected chi connectivity index (χ4v) is 4.00. The fourth-order valence-electron chi connectivity index (χ4n) is 3.41. The highest BCUT2D eigenvalue weighted by atomic mass is 32.1. The van der Waals surface area contributed by atoms with E-state index in [1.54, 1.807) is 18.3 Å². The Morgan fingerprint density at radius 2 is 2.20 bits per heavy atom. The molecule has 0 saturated heterocycles. The second-order valence-corrected chi connectivity index (χ2v) is 6.94. The summed E-state index contributed by atoms with van der Waals surface area (Å²) < 4.78 is 9.53. The molecule has 1 aliphatic rings. The van der Waals surface area contributed by atoms with Crippen LogP contribution in [-0.4, -0.2) is 29.4 Å². The molecule has 0 saturated carbocycles. The van der Waals surface area contributed by atoms with Crippen molar-refractivity contribution in [1.29, 1.82) is 0 Å². The molecule has 5 nitrogen and oxygen atoms in total. The van der Waals surface area contributed by atoms with E-state index in [1.807, 2.05) is 11.0 Å². The summed E-state index contributed by atoms with van der Waals surface area (Å²) in [4.78, 5) is 18.2. The maximum atomic E-state index is 13.0. The van der Waals surface area contributed by atoms with Gasteiger partial charge in [-0.1, -0.05) is 6.07 Å². The van der Waals surface area contributed by atoms with Gasteiger partial charge in [0.1, 0.15) is 0 Å². The number of carbonyl (C=O) groups excluding carboxylic acids is 1. The third-order valence-electron chi connectivity index (χ3n) is 4.59. The molecule has 2 aromatic heterocycles. The maximum Gasteiger partial charge on any atom is 0.294 e. The van der Waals surface area contributed by atoms with Gasteiger partial charge in [0.2, 0.25) is 0 Å². The number of furan rings is 1. The molecule has 1 aromatic carbocycles. The SMILES string of the molecule is CCN1c2ccc(-c3ccns3)cc2N(C(=O)c2ccco2)C[C@@H]1C. The average Bonchev–Trinajstić information content (AvgIpc) is 3.33. The number of rotatable bonds is 3. The first kappa shape index (κ1) is 15.9. The molecule has 4 rings (SSSR count). The van der Waals surface area contributed by atoms with Crippen molar-refractivity contribution in [3.8, 4) is 10.4 Å². The van der Waals surface area contributed by atoms with E-state index in [9.17, 15) is 4.79 Å². The Morgan fingerprint density at radius 3 is 2.88 bits per heavy atom. The Morgan fingerprint density at radius 1 is 1.32 bits per heavy atom. The third kappa shape index (κ3) is 2.72. The van der Waals surface area contributed by atoms with E-state index in [4.69, 9.17) is 4.42 Å². The second-order valence-electron chi connectivity index (χ2n) is 6.11. The number of likely N-dealkylation sites (N-methyl/N-ethyl adjacent to an activating group) is 1. The lowest BCUT2D eigenvalue weighted by atomic mass is 10.0. The number of fused-ring (bicyclic) bond motifs is 1. The summed E-state index contributed by atoms with van der Waals surface area (Å²) in [5, 5.41) is 0. The molecule has 6 heteroatoms. The Kier molecular flexibility index (Phi) is 4.05. The molecule has 0 fully saturated rings. The zero-order valence-corrected chi connectivity index (χ0v) is 15.0. The summed E-state index contributed by atoms with van der Waals surface area (Å²) in [7, 11) is 0. The number of nitrogens with zero attached hydrogens (tertiary/aromatic N) is 3. The van der Waals surface area contributed by atoms with Gasteiger partial charge in [-0.15, -0.1) is 0 Å². The van der Waals surface area contributed by atoms with Gasteiger partial charge in [-0.05, 0) is 61.3 Å². The highest BCUT2D eigenvalue weighted by Crippen LogP contribution is 2.39. The Labute approximate surface area is 150 Å². The summed E-state index contributed by atoms with van der Waals surface area (Å²) >= 11 is 1.46. The molecule has 1 aliphatic heterocycles. The van der Waals surface area contributed by atoms with Crippen molar-refractivity contribution in [2.24, 2.45) is 0 Å². The van der Waals surface area contributed by atoms with E-state index < -0.39 is 0 Å². The first-order chi connectivity index (χ1) is 12.2. The topological polar surface area (TPSA) is 49.6 Å². The number of anilines is 2. The molecule has 3 aromatic rings. The highest BCUT2D eigenvalue weighted by molar-refractivity contribution is 7.09. The Balaban J connectivity index is 1.82. The summed E-state index contributed by atoms with van der Waals surface area (Å²) in [5.41, 5.74) is 3.07. The van der Waals surface area contributed by atoms with Crippen LogP contribution in [-0.2, 0) is 0 Å². The zero-order chi connectivity index (χ0) is 17.4. The van der Waals surface area contributed by atoms with Crippen LogP contribution >= 0.6 is 11.5 Å². The summed E-state index contributed by atoms with van der Waals surface area (Å²) in [6, 6.07) is 12.0. The van der Waals surface area contributed by atoms with Crippen molar-refractivity contribution < 1.29 is 9.21 Å². The van der Waals surface area contributed by atoms with Crippen LogP contribution in [0.3, 0.4) is 0 Å². The quantitative estimate of drug-likeness (QED) is 0.705. The van der Waals surface area contributed by atoms with Crippen molar-refractivity contribution in [3.63, 3.8) is 0 Å². The highest BCUT2D eigenvalue weighted by Gasteiger charge is 2.32. The first-order valence-corrected chi connectivity index (χ1v) is 9.13. The molecule has 0 aliphatic carbocycles.